The first-order valence-corrected chi connectivity index (χ1v) is 10.7. The van der Waals surface area contributed by atoms with Gasteiger partial charge in [-0.25, -0.2) is 4.90 Å². The fourth-order valence-corrected chi connectivity index (χ4v) is 3.94. The third kappa shape index (κ3) is 4.17. The van der Waals surface area contributed by atoms with Gasteiger partial charge in [0, 0.05) is 16.1 Å². The van der Waals surface area contributed by atoms with Crippen molar-refractivity contribution in [1.82, 2.24) is 0 Å². The molecule has 0 saturated heterocycles. The van der Waals surface area contributed by atoms with Crippen molar-refractivity contribution >= 4 is 62.7 Å². The van der Waals surface area contributed by atoms with Crippen molar-refractivity contribution in [1.29, 1.82) is 0 Å². The Morgan fingerprint density at radius 1 is 1.03 bits per heavy atom. The maximum atomic E-state index is 12.6. The molecule has 1 aliphatic heterocycles. The second kappa shape index (κ2) is 8.98. The molecule has 0 unspecified atom stereocenters. The van der Waals surface area contributed by atoms with Crippen LogP contribution in [0.15, 0.2) is 71.2 Å². The van der Waals surface area contributed by atoms with Crippen LogP contribution in [0.1, 0.15) is 26.3 Å². The molecule has 0 fully saturated rings. The Bertz CT molecular complexity index is 1250. The Morgan fingerprint density at radius 3 is 2.34 bits per heavy atom. The maximum Gasteiger partial charge on any atom is 0.266 e. The number of fused-ring (bicyclic) bond motifs is 1. The number of hydrogen-bond donors (Lipinski definition) is 1. The van der Waals surface area contributed by atoms with Crippen LogP contribution < -0.4 is 15.0 Å². The van der Waals surface area contributed by atoms with Crippen LogP contribution in [0.3, 0.4) is 0 Å². The van der Waals surface area contributed by atoms with E-state index in [1.807, 2.05) is 12.1 Å². The summed E-state index contributed by atoms with van der Waals surface area (Å²) in [4.78, 5) is 38.8. The van der Waals surface area contributed by atoms with Crippen LogP contribution in [-0.4, -0.2) is 24.8 Å². The minimum atomic E-state index is -0.413. The van der Waals surface area contributed by atoms with E-state index in [4.69, 9.17) is 16.3 Å². The van der Waals surface area contributed by atoms with Gasteiger partial charge in [0.1, 0.15) is 5.75 Å². The molecule has 0 saturated carbocycles. The van der Waals surface area contributed by atoms with E-state index in [1.165, 1.54) is 12.1 Å². The van der Waals surface area contributed by atoms with Crippen LogP contribution in [0, 0.1) is 0 Å². The van der Waals surface area contributed by atoms with E-state index < -0.39 is 17.7 Å². The second-order valence-electron chi connectivity index (χ2n) is 6.86. The molecule has 1 N–H and O–H groups in total. The average Bonchev–Trinajstić information content (AvgIpc) is 3.04. The van der Waals surface area contributed by atoms with Gasteiger partial charge in [0.25, 0.3) is 11.8 Å². The number of methoxy groups -OCH3 is 1. The molecule has 0 aromatic heterocycles. The lowest BCUT2D eigenvalue weighted by molar-refractivity contribution is -0.111. The molecule has 8 heteroatoms. The summed E-state index contributed by atoms with van der Waals surface area (Å²) in [5.41, 5.74) is 2.10. The van der Waals surface area contributed by atoms with Crippen LogP contribution in [0.25, 0.3) is 6.08 Å². The van der Waals surface area contributed by atoms with Crippen molar-refractivity contribution < 1.29 is 19.1 Å². The lowest BCUT2D eigenvalue weighted by Gasteiger charge is -2.15. The highest BCUT2D eigenvalue weighted by Crippen LogP contribution is 2.33. The summed E-state index contributed by atoms with van der Waals surface area (Å²) in [6, 6.07) is 16.7. The van der Waals surface area contributed by atoms with Gasteiger partial charge in [-0.3, -0.25) is 14.4 Å². The van der Waals surface area contributed by atoms with Crippen LogP contribution in [0.5, 0.6) is 5.75 Å². The van der Waals surface area contributed by atoms with Gasteiger partial charge in [0.15, 0.2) is 0 Å². The SMILES string of the molecule is COc1ccc(Br)cc1/C=C/C(=O)Nc1ccc(N2C(=O)c3ccccc3C2=O)cc1Cl. The molecule has 4 rings (SSSR count). The molecule has 160 valence electrons. The molecule has 6 nitrogen and oxygen atoms in total. The lowest BCUT2D eigenvalue weighted by Crippen LogP contribution is -2.29. The van der Waals surface area contributed by atoms with E-state index in [1.54, 1.807) is 55.7 Å². The van der Waals surface area contributed by atoms with Crippen molar-refractivity contribution in [3.63, 3.8) is 0 Å². The van der Waals surface area contributed by atoms with E-state index >= 15 is 0 Å². The number of rotatable bonds is 5. The van der Waals surface area contributed by atoms with E-state index in [0.29, 0.717) is 28.3 Å². The van der Waals surface area contributed by atoms with E-state index in [2.05, 4.69) is 21.2 Å². The van der Waals surface area contributed by atoms with Gasteiger partial charge in [-0.2, -0.15) is 0 Å². The van der Waals surface area contributed by atoms with Crippen LogP contribution in [-0.2, 0) is 4.79 Å². The molecule has 3 aromatic rings. The predicted molar refractivity (Wildman–Crippen MR) is 127 cm³/mol. The predicted octanol–water partition coefficient (Wildman–Crippen LogP) is 5.56. The van der Waals surface area contributed by atoms with Crippen LogP contribution in [0.2, 0.25) is 5.02 Å². The zero-order valence-corrected chi connectivity index (χ0v) is 19.1. The van der Waals surface area contributed by atoms with Crippen LogP contribution >= 0.6 is 27.5 Å². The lowest BCUT2D eigenvalue weighted by atomic mass is 10.1. The van der Waals surface area contributed by atoms with Gasteiger partial charge in [-0.1, -0.05) is 39.7 Å². The number of carbonyl (C=O) groups is 3. The molecule has 0 radical (unpaired) electrons. The van der Waals surface area contributed by atoms with Crippen molar-refractivity contribution in [3.05, 3.63) is 92.9 Å². The van der Waals surface area contributed by atoms with E-state index in [9.17, 15) is 14.4 Å². The van der Waals surface area contributed by atoms with Gasteiger partial charge in [0.05, 0.1) is 34.6 Å². The molecule has 1 heterocycles. The second-order valence-corrected chi connectivity index (χ2v) is 8.19. The molecule has 0 atom stereocenters. The first-order valence-electron chi connectivity index (χ1n) is 9.49. The minimum Gasteiger partial charge on any atom is -0.496 e. The quantitative estimate of drug-likeness (QED) is 0.359. The summed E-state index contributed by atoms with van der Waals surface area (Å²) in [7, 11) is 1.55. The van der Waals surface area contributed by atoms with Crippen molar-refractivity contribution in [2.75, 3.05) is 17.3 Å². The highest BCUT2D eigenvalue weighted by Gasteiger charge is 2.36. The molecule has 3 amide bonds. The Hall–Kier alpha value is -3.42. The Morgan fingerprint density at radius 2 is 1.72 bits per heavy atom. The largest absolute Gasteiger partial charge is 0.496 e. The van der Waals surface area contributed by atoms with Crippen molar-refractivity contribution in [2.45, 2.75) is 0 Å². The summed E-state index contributed by atoms with van der Waals surface area (Å²) in [6.07, 6.45) is 2.98. The normalized spacial score (nSPS) is 12.9. The number of halogens is 2. The van der Waals surface area contributed by atoms with Crippen LogP contribution in [0.4, 0.5) is 11.4 Å². The average molecular weight is 512 g/mol. The number of imide groups is 1. The Labute approximate surface area is 197 Å². The van der Waals surface area contributed by atoms with Gasteiger partial charge in [0.2, 0.25) is 5.91 Å². The van der Waals surface area contributed by atoms with Gasteiger partial charge < -0.3 is 10.1 Å². The summed E-state index contributed by atoms with van der Waals surface area (Å²) in [5, 5.41) is 2.89. The maximum absolute atomic E-state index is 12.6. The first-order chi connectivity index (χ1) is 15.4. The van der Waals surface area contributed by atoms with Gasteiger partial charge >= 0.3 is 0 Å². The number of nitrogens with one attached hydrogen (secondary N) is 1. The number of amides is 3. The third-order valence-electron chi connectivity index (χ3n) is 4.87. The highest BCUT2D eigenvalue weighted by atomic mass is 79.9. The third-order valence-corrected chi connectivity index (χ3v) is 5.67. The summed E-state index contributed by atoms with van der Waals surface area (Å²) in [6.45, 7) is 0. The molecule has 1 aliphatic rings. The van der Waals surface area contributed by atoms with Gasteiger partial charge in [-0.15, -0.1) is 0 Å². The van der Waals surface area contributed by atoms with Crippen molar-refractivity contribution in [2.24, 2.45) is 0 Å². The molecule has 0 aliphatic carbocycles. The fourth-order valence-electron chi connectivity index (χ4n) is 3.34. The standard InChI is InChI=1S/C24H16BrClN2O4/c1-32-21-10-7-15(25)12-14(21)6-11-22(29)27-20-9-8-16(13-19(20)26)28-23(30)17-4-2-3-5-18(17)24(28)31/h2-13H,1H3,(H,27,29)/b11-6+. The number of carbonyl (C=O) groups excluding carboxylic acids is 3. The first kappa shape index (κ1) is 21.8. The smallest absolute Gasteiger partial charge is 0.266 e. The molecule has 0 spiro atoms. The summed E-state index contributed by atoms with van der Waals surface area (Å²) in [5.74, 6) is -0.600. The molecule has 32 heavy (non-hydrogen) atoms. The minimum absolute atomic E-state index is 0.195. The monoisotopic (exact) mass is 510 g/mol. The fraction of sp³-hybridized carbons (Fsp3) is 0.0417. The summed E-state index contributed by atoms with van der Waals surface area (Å²) < 4.78 is 6.14. The number of hydrogen-bond acceptors (Lipinski definition) is 4. The number of anilines is 2. The number of nitrogens with zero attached hydrogens (tertiary/aromatic N) is 1. The molecular formula is C24H16BrClN2O4. The molecule has 0 bridgehead atoms. The summed E-state index contributed by atoms with van der Waals surface area (Å²) >= 11 is 9.72. The van der Waals surface area contributed by atoms with E-state index in [0.717, 1.165) is 14.9 Å². The zero-order chi connectivity index (χ0) is 22.8. The zero-order valence-electron chi connectivity index (χ0n) is 16.8. The van der Waals surface area contributed by atoms with Crippen molar-refractivity contribution in [3.8, 4) is 5.75 Å². The Balaban J connectivity index is 1.51. The number of benzene rings is 3. The van der Waals surface area contributed by atoms with Gasteiger partial charge in [-0.05, 0) is 54.6 Å². The van der Waals surface area contributed by atoms with E-state index in [-0.39, 0.29) is 5.02 Å². The molecule has 3 aromatic carbocycles. The Kier molecular flexibility index (Phi) is 6.12. The highest BCUT2D eigenvalue weighted by molar-refractivity contribution is 9.10. The number of ether oxygens (including phenoxy) is 1. The topological polar surface area (TPSA) is 75.7 Å². The molecular weight excluding hydrogens is 496 g/mol.